The van der Waals surface area contributed by atoms with E-state index in [1.165, 1.54) is 6.54 Å². The fraction of sp³-hybridized carbons (Fsp3) is 1.00. The molecule has 0 spiro atoms. The number of likely N-dealkylation sites (N-methyl/N-ethyl adjacent to an activating group) is 1. The van der Waals surface area contributed by atoms with Crippen molar-refractivity contribution in [2.75, 3.05) is 26.7 Å². The van der Waals surface area contributed by atoms with Gasteiger partial charge >= 0.3 is 0 Å². The molecule has 2 nitrogen and oxygen atoms in total. The Morgan fingerprint density at radius 1 is 1.45 bits per heavy atom. The van der Waals surface area contributed by atoms with Crippen LogP contribution < -0.4 is 5.32 Å². The van der Waals surface area contributed by atoms with E-state index in [9.17, 15) is 0 Å². The van der Waals surface area contributed by atoms with Crippen molar-refractivity contribution < 1.29 is 0 Å². The van der Waals surface area contributed by atoms with E-state index in [1.54, 1.807) is 0 Å². The average Bonchev–Trinajstić information content (AvgIpc) is 1.88. The molecular weight excluding hydrogens is 160 g/mol. The predicted molar refractivity (Wildman–Crippen MR) is 51.4 cm³/mol. The maximum atomic E-state index is 3.40. The summed E-state index contributed by atoms with van der Waals surface area (Å²) in [6, 6.07) is 0.744. The van der Waals surface area contributed by atoms with E-state index in [0.717, 1.165) is 25.0 Å². The van der Waals surface area contributed by atoms with Crippen molar-refractivity contribution in [3.05, 3.63) is 0 Å². The molecule has 3 heteroatoms. The fourth-order valence-corrected chi connectivity index (χ4v) is 1.57. The Labute approximate surface area is 75.8 Å². The number of halogens is 1. The van der Waals surface area contributed by atoms with Gasteiger partial charge in [0, 0.05) is 25.7 Å². The number of hydrogen-bond donors (Lipinski definition) is 1. The summed E-state index contributed by atoms with van der Waals surface area (Å²) >= 11 is 0. The molecule has 0 unspecified atom stereocenters. The second-order valence-electron chi connectivity index (χ2n) is 3.50. The first-order chi connectivity index (χ1) is 4.72. The van der Waals surface area contributed by atoms with E-state index >= 15 is 0 Å². The van der Waals surface area contributed by atoms with Crippen LogP contribution >= 0.6 is 12.4 Å². The van der Waals surface area contributed by atoms with Crippen molar-refractivity contribution in [3.63, 3.8) is 0 Å². The first-order valence-corrected chi connectivity index (χ1v) is 4.13. The van der Waals surface area contributed by atoms with Crippen LogP contribution in [0, 0.1) is 5.92 Å². The third kappa shape index (κ3) is 2.97. The zero-order chi connectivity index (χ0) is 7.56. The maximum Gasteiger partial charge on any atom is 0.0241 e. The molecule has 0 amide bonds. The second-order valence-corrected chi connectivity index (χ2v) is 3.50. The highest BCUT2D eigenvalue weighted by molar-refractivity contribution is 5.85. The SMILES string of the molecule is CC(C)[C@H]1CNCCN1C.Cl. The van der Waals surface area contributed by atoms with Crippen molar-refractivity contribution in [2.45, 2.75) is 19.9 Å². The lowest BCUT2D eigenvalue weighted by molar-refractivity contribution is 0.157. The summed E-state index contributed by atoms with van der Waals surface area (Å²) in [5, 5.41) is 3.40. The smallest absolute Gasteiger partial charge is 0.0241 e. The molecule has 1 saturated heterocycles. The van der Waals surface area contributed by atoms with E-state index in [4.69, 9.17) is 0 Å². The molecule has 0 saturated carbocycles. The number of hydrogen-bond acceptors (Lipinski definition) is 2. The lowest BCUT2D eigenvalue weighted by Gasteiger charge is -2.35. The zero-order valence-corrected chi connectivity index (χ0v) is 8.45. The molecule has 1 aliphatic rings. The maximum absolute atomic E-state index is 3.40. The lowest BCUT2D eigenvalue weighted by atomic mass is 10.0. The monoisotopic (exact) mass is 178 g/mol. The van der Waals surface area contributed by atoms with Gasteiger partial charge in [-0.3, -0.25) is 0 Å². The van der Waals surface area contributed by atoms with Crippen molar-refractivity contribution in [1.29, 1.82) is 0 Å². The molecule has 1 aliphatic heterocycles. The summed E-state index contributed by atoms with van der Waals surface area (Å²) in [5.41, 5.74) is 0. The molecule has 0 bridgehead atoms. The molecule has 11 heavy (non-hydrogen) atoms. The van der Waals surface area contributed by atoms with Crippen LogP contribution in [0.15, 0.2) is 0 Å². The average molecular weight is 179 g/mol. The molecular formula is C8H19ClN2. The fourth-order valence-electron chi connectivity index (χ4n) is 1.57. The van der Waals surface area contributed by atoms with Crippen LogP contribution in [0.3, 0.4) is 0 Å². The molecule has 0 aromatic carbocycles. The summed E-state index contributed by atoms with van der Waals surface area (Å²) in [6.45, 7) is 8.08. The third-order valence-corrected chi connectivity index (χ3v) is 2.33. The first kappa shape index (κ1) is 11.2. The molecule has 1 heterocycles. The second kappa shape index (κ2) is 4.96. The lowest BCUT2D eigenvalue weighted by Crippen LogP contribution is -2.51. The summed E-state index contributed by atoms with van der Waals surface area (Å²) < 4.78 is 0. The van der Waals surface area contributed by atoms with Gasteiger partial charge in [0.25, 0.3) is 0 Å². The Morgan fingerprint density at radius 3 is 2.45 bits per heavy atom. The Balaban J connectivity index is 0.000001000. The first-order valence-electron chi connectivity index (χ1n) is 4.13. The minimum absolute atomic E-state index is 0. The van der Waals surface area contributed by atoms with Gasteiger partial charge in [-0.15, -0.1) is 12.4 Å². The summed E-state index contributed by atoms with van der Waals surface area (Å²) in [4.78, 5) is 2.45. The number of rotatable bonds is 1. The largest absolute Gasteiger partial charge is 0.314 e. The van der Waals surface area contributed by atoms with E-state index in [2.05, 4.69) is 31.1 Å². The van der Waals surface area contributed by atoms with Gasteiger partial charge < -0.3 is 10.2 Å². The molecule has 0 aromatic heterocycles. The normalized spacial score (nSPS) is 26.7. The summed E-state index contributed by atoms with van der Waals surface area (Å²) in [7, 11) is 2.21. The van der Waals surface area contributed by atoms with E-state index in [0.29, 0.717) is 0 Å². The summed E-state index contributed by atoms with van der Waals surface area (Å²) in [5.74, 6) is 0.776. The van der Waals surface area contributed by atoms with Crippen molar-refractivity contribution in [1.82, 2.24) is 10.2 Å². The van der Waals surface area contributed by atoms with Gasteiger partial charge in [-0.1, -0.05) is 13.8 Å². The molecule has 1 N–H and O–H groups in total. The number of piperazine rings is 1. The van der Waals surface area contributed by atoms with Gasteiger partial charge in [-0.25, -0.2) is 0 Å². The molecule has 1 atom stereocenters. The Bertz CT molecular complexity index is 106. The van der Waals surface area contributed by atoms with Gasteiger partial charge in [-0.05, 0) is 13.0 Å². The topological polar surface area (TPSA) is 15.3 Å². The van der Waals surface area contributed by atoms with Gasteiger partial charge in [-0.2, -0.15) is 0 Å². The highest BCUT2D eigenvalue weighted by atomic mass is 35.5. The van der Waals surface area contributed by atoms with Crippen LogP contribution in [0.5, 0.6) is 0 Å². The van der Waals surface area contributed by atoms with Crippen molar-refractivity contribution in [3.8, 4) is 0 Å². The Morgan fingerprint density at radius 2 is 2.09 bits per heavy atom. The van der Waals surface area contributed by atoms with E-state index in [1.807, 2.05) is 0 Å². The van der Waals surface area contributed by atoms with Crippen LogP contribution in [-0.2, 0) is 0 Å². The van der Waals surface area contributed by atoms with Crippen molar-refractivity contribution >= 4 is 12.4 Å². The highest BCUT2D eigenvalue weighted by Crippen LogP contribution is 2.09. The minimum Gasteiger partial charge on any atom is -0.314 e. The predicted octanol–water partition coefficient (Wildman–Crippen LogP) is 0.968. The zero-order valence-electron chi connectivity index (χ0n) is 7.63. The van der Waals surface area contributed by atoms with E-state index < -0.39 is 0 Å². The number of nitrogens with zero attached hydrogens (tertiary/aromatic N) is 1. The molecule has 0 aromatic rings. The standard InChI is InChI=1S/C8H18N2.ClH/c1-7(2)8-6-9-4-5-10(8)3;/h7-9H,4-6H2,1-3H3;1H/t8-;/m1./s1. The van der Waals surface area contributed by atoms with Gasteiger partial charge in [0.2, 0.25) is 0 Å². The van der Waals surface area contributed by atoms with Crippen molar-refractivity contribution in [2.24, 2.45) is 5.92 Å². The molecule has 1 fully saturated rings. The quantitative estimate of drug-likeness (QED) is 0.644. The molecule has 0 aliphatic carbocycles. The highest BCUT2D eigenvalue weighted by Gasteiger charge is 2.20. The number of nitrogens with one attached hydrogen (secondary N) is 1. The van der Waals surface area contributed by atoms with Gasteiger partial charge in [0.05, 0.1) is 0 Å². The van der Waals surface area contributed by atoms with Gasteiger partial charge in [0.15, 0.2) is 0 Å². The Kier molecular flexibility index (Phi) is 5.06. The van der Waals surface area contributed by atoms with Crippen LogP contribution in [0.1, 0.15) is 13.8 Å². The minimum atomic E-state index is 0. The molecule has 0 radical (unpaired) electrons. The molecule has 68 valence electrons. The van der Waals surface area contributed by atoms with Crippen LogP contribution in [0.25, 0.3) is 0 Å². The summed E-state index contributed by atoms with van der Waals surface area (Å²) in [6.07, 6.45) is 0. The Hall–Kier alpha value is 0.210. The van der Waals surface area contributed by atoms with Crippen LogP contribution in [0.4, 0.5) is 0 Å². The van der Waals surface area contributed by atoms with Gasteiger partial charge in [0.1, 0.15) is 0 Å². The van der Waals surface area contributed by atoms with Crippen LogP contribution in [0.2, 0.25) is 0 Å². The van der Waals surface area contributed by atoms with E-state index in [-0.39, 0.29) is 12.4 Å². The third-order valence-electron chi connectivity index (χ3n) is 2.33. The van der Waals surface area contributed by atoms with Crippen LogP contribution in [-0.4, -0.2) is 37.6 Å². The molecule has 1 rings (SSSR count).